The molecule has 84 valence electrons. The summed E-state index contributed by atoms with van der Waals surface area (Å²) in [6.45, 7) is 1.87. The molecule has 1 amide bonds. The van der Waals surface area contributed by atoms with Crippen molar-refractivity contribution in [3.8, 4) is 12.3 Å². The summed E-state index contributed by atoms with van der Waals surface area (Å²) in [5.41, 5.74) is 0.559. The van der Waals surface area contributed by atoms with Gasteiger partial charge < -0.3 is 10.6 Å². The van der Waals surface area contributed by atoms with Gasteiger partial charge in [-0.05, 0) is 25.1 Å². The van der Waals surface area contributed by atoms with Gasteiger partial charge in [0.2, 0.25) is 5.91 Å². The fraction of sp³-hybridized carbons (Fsp3) is 0.250. The topological polar surface area (TPSA) is 41.1 Å². The Morgan fingerprint density at radius 3 is 3.00 bits per heavy atom. The van der Waals surface area contributed by atoms with Crippen LogP contribution in [-0.2, 0) is 4.79 Å². The maximum Gasteiger partial charge on any atom is 0.242 e. The fourth-order valence-electron chi connectivity index (χ4n) is 1.19. The zero-order valence-electron chi connectivity index (χ0n) is 8.96. The number of amides is 1. The van der Waals surface area contributed by atoms with Crippen molar-refractivity contribution >= 4 is 11.6 Å². The molecule has 4 heteroatoms. The van der Waals surface area contributed by atoms with Crippen LogP contribution in [0.25, 0.3) is 0 Å². The van der Waals surface area contributed by atoms with Crippen LogP contribution >= 0.6 is 0 Å². The van der Waals surface area contributed by atoms with Gasteiger partial charge in [0.15, 0.2) is 0 Å². The molecule has 1 atom stereocenters. The Kier molecular flexibility index (Phi) is 4.34. The van der Waals surface area contributed by atoms with E-state index >= 15 is 0 Å². The van der Waals surface area contributed by atoms with Crippen LogP contribution in [0.1, 0.15) is 6.92 Å². The van der Waals surface area contributed by atoms with Gasteiger partial charge >= 0.3 is 0 Å². The van der Waals surface area contributed by atoms with Crippen LogP contribution in [0.4, 0.5) is 10.1 Å². The third kappa shape index (κ3) is 3.62. The molecule has 16 heavy (non-hydrogen) atoms. The fourth-order valence-corrected chi connectivity index (χ4v) is 1.19. The third-order valence-corrected chi connectivity index (χ3v) is 1.97. The largest absolute Gasteiger partial charge is 0.374 e. The van der Waals surface area contributed by atoms with Crippen molar-refractivity contribution in [3.63, 3.8) is 0 Å². The van der Waals surface area contributed by atoms with E-state index in [9.17, 15) is 9.18 Å². The van der Waals surface area contributed by atoms with E-state index in [1.165, 1.54) is 12.1 Å². The Morgan fingerprint density at radius 2 is 2.38 bits per heavy atom. The van der Waals surface area contributed by atoms with E-state index in [2.05, 4.69) is 16.6 Å². The van der Waals surface area contributed by atoms with Gasteiger partial charge in [-0.1, -0.05) is 12.0 Å². The molecule has 0 radical (unpaired) electrons. The summed E-state index contributed by atoms with van der Waals surface area (Å²) >= 11 is 0. The number of carbonyl (C=O) groups is 1. The summed E-state index contributed by atoms with van der Waals surface area (Å²) in [6, 6.07) is 5.46. The van der Waals surface area contributed by atoms with Gasteiger partial charge in [-0.2, -0.15) is 0 Å². The molecule has 0 aliphatic heterocycles. The van der Waals surface area contributed by atoms with Crippen LogP contribution in [0.3, 0.4) is 0 Å². The number of terminal acetylenes is 1. The zero-order valence-corrected chi connectivity index (χ0v) is 8.96. The van der Waals surface area contributed by atoms with Gasteiger partial charge in [-0.3, -0.25) is 4.79 Å². The molecule has 3 nitrogen and oxygen atoms in total. The van der Waals surface area contributed by atoms with E-state index in [1.54, 1.807) is 19.1 Å². The molecule has 0 fully saturated rings. The predicted octanol–water partition coefficient (Wildman–Crippen LogP) is 1.38. The van der Waals surface area contributed by atoms with Crippen molar-refractivity contribution in [3.05, 3.63) is 30.1 Å². The lowest BCUT2D eigenvalue weighted by molar-refractivity contribution is -0.121. The summed E-state index contributed by atoms with van der Waals surface area (Å²) in [5.74, 6) is 1.74. The van der Waals surface area contributed by atoms with Crippen molar-refractivity contribution in [2.75, 3.05) is 11.9 Å². The molecule has 2 N–H and O–H groups in total. The molecular weight excluding hydrogens is 207 g/mol. The maximum absolute atomic E-state index is 12.9. The first kappa shape index (κ1) is 12.1. The minimum absolute atomic E-state index is 0.188. The van der Waals surface area contributed by atoms with E-state index in [-0.39, 0.29) is 18.3 Å². The Labute approximate surface area is 94.0 Å². The zero-order chi connectivity index (χ0) is 12.0. The van der Waals surface area contributed by atoms with Crippen LogP contribution < -0.4 is 10.6 Å². The molecule has 0 bridgehead atoms. The number of benzene rings is 1. The van der Waals surface area contributed by atoms with E-state index in [0.717, 1.165) is 0 Å². The van der Waals surface area contributed by atoms with Gasteiger partial charge in [0.25, 0.3) is 0 Å². The third-order valence-electron chi connectivity index (χ3n) is 1.97. The molecular formula is C12H13FN2O. The summed E-state index contributed by atoms with van der Waals surface area (Å²) in [4.78, 5) is 11.4. The first-order chi connectivity index (χ1) is 7.63. The van der Waals surface area contributed by atoms with Crippen LogP contribution in [0.2, 0.25) is 0 Å². The number of hydrogen-bond acceptors (Lipinski definition) is 2. The molecule has 1 aromatic rings. The molecule has 0 heterocycles. The average Bonchev–Trinajstić information content (AvgIpc) is 2.25. The maximum atomic E-state index is 12.9. The lowest BCUT2D eigenvalue weighted by Crippen LogP contribution is -2.37. The van der Waals surface area contributed by atoms with Gasteiger partial charge in [-0.15, -0.1) is 6.42 Å². The number of halogens is 1. The minimum atomic E-state index is -0.463. The molecule has 1 aromatic carbocycles. The highest BCUT2D eigenvalue weighted by molar-refractivity contribution is 5.84. The predicted molar refractivity (Wildman–Crippen MR) is 61.3 cm³/mol. The normalized spacial score (nSPS) is 11.3. The Bertz CT molecular complexity index is 412. The molecule has 0 aromatic heterocycles. The first-order valence-electron chi connectivity index (χ1n) is 4.86. The second-order valence-electron chi connectivity index (χ2n) is 3.30. The van der Waals surface area contributed by atoms with Crippen LogP contribution in [0, 0.1) is 18.2 Å². The van der Waals surface area contributed by atoms with Gasteiger partial charge in [0.05, 0.1) is 6.54 Å². The highest BCUT2D eigenvalue weighted by Gasteiger charge is 2.11. The first-order valence-corrected chi connectivity index (χ1v) is 4.86. The summed E-state index contributed by atoms with van der Waals surface area (Å²) in [6.07, 6.45) is 5.01. The smallest absolute Gasteiger partial charge is 0.242 e. The van der Waals surface area contributed by atoms with Crippen molar-refractivity contribution < 1.29 is 9.18 Å². The quantitative estimate of drug-likeness (QED) is 0.752. The van der Waals surface area contributed by atoms with Crippen LogP contribution in [0.5, 0.6) is 0 Å². The van der Waals surface area contributed by atoms with Crippen molar-refractivity contribution in [2.45, 2.75) is 13.0 Å². The lowest BCUT2D eigenvalue weighted by Gasteiger charge is -2.14. The van der Waals surface area contributed by atoms with Crippen molar-refractivity contribution in [1.29, 1.82) is 0 Å². The highest BCUT2D eigenvalue weighted by Crippen LogP contribution is 2.10. The van der Waals surface area contributed by atoms with Gasteiger partial charge in [0, 0.05) is 5.69 Å². The summed E-state index contributed by atoms with van der Waals surface area (Å²) in [5, 5.41) is 5.41. The Morgan fingerprint density at radius 1 is 1.62 bits per heavy atom. The summed E-state index contributed by atoms with van der Waals surface area (Å²) < 4.78 is 12.9. The molecule has 0 spiro atoms. The number of anilines is 1. The van der Waals surface area contributed by atoms with E-state index < -0.39 is 6.04 Å². The van der Waals surface area contributed by atoms with Crippen LogP contribution in [-0.4, -0.2) is 18.5 Å². The number of nitrogens with one attached hydrogen (secondary N) is 2. The Hall–Kier alpha value is -2.02. The SMILES string of the molecule is C#CCNC(=O)C(C)Nc1cccc(F)c1. The van der Waals surface area contributed by atoms with E-state index in [1.807, 2.05) is 0 Å². The molecule has 1 unspecified atom stereocenters. The van der Waals surface area contributed by atoms with Gasteiger partial charge in [-0.25, -0.2) is 4.39 Å². The van der Waals surface area contributed by atoms with Gasteiger partial charge in [0.1, 0.15) is 11.9 Å². The van der Waals surface area contributed by atoms with E-state index in [0.29, 0.717) is 5.69 Å². The Balaban J connectivity index is 2.54. The number of carbonyl (C=O) groups excluding carboxylic acids is 1. The second kappa shape index (κ2) is 5.76. The van der Waals surface area contributed by atoms with Crippen molar-refractivity contribution in [2.24, 2.45) is 0 Å². The molecule has 0 saturated heterocycles. The standard InChI is InChI=1S/C12H13FN2O/c1-3-7-14-12(16)9(2)15-11-6-4-5-10(13)8-11/h1,4-6,8-9,15H,7H2,2H3,(H,14,16). The monoisotopic (exact) mass is 220 g/mol. The highest BCUT2D eigenvalue weighted by atomic mass is 19.1. The number of rotatable bonds is 4. The van der Waals surface area contributed by atoms with Crippen molar-refractivity contribution in [1.82, 2.24) is 5.32 Å². The minimum Gasteiger partial charge on any atom is -0.374 e. The summed E-state index contributed by atoms with van der Waals surface area (Å²) in [7, 11) is 0. The van der Waals surface area contributed by atoms with E-state index in [4.69, 9.17) is 6.42 Å². The second-order valence-corrected chi connectivity index (χ2v) is 3.30. The molecule has 0 aliphatic rings. The molecule has 0 aliphatic carbocycles. The average molecular weight is 220 g/mol. The molecule has 1 rings (SSSR count). The number of hydrogen-bond donors (Lipinski definition) is 2. The lowest BCUT2D eigenvalue weighted by atomic mass is 10.2. The van der Waals surface area contributed by atoms with Crippen LogP contribution in [0.15, 0.2) is 24.3 Å². The molecule has 0 saturated carbocycles.